The van der Waals surface area contributed by atoms with Crippen LogP contribution in [0, 0.1) is 24.0 Å². The van der Waals surface area contributed by atoms with Crippen molar-refractivity contribution in [1.29, 1.82) is 0 Å². The molecule has 0 bridgehead atoms. The summed E-state index contributed by atoms with van der Waals surface area (Å²) in [5.41, 5.74) is -0.141. The third kappa shape index (κ3) is 5.24. The molecular weight excluding hydrogens is 396 g/mol. The summed E-state index contributed by atoms with van der Waals surface area (Å²) in [6, 6.07) is 1.43. The van der Waals surface area contributed by atoms with Crippen LogP contribution in [0.3, 0.4) is 0 Å². The van der Waals surface area contributed by atoms with Gasteiger partial charge in [-0.05, 0) is 25.0 Å². The largest absolute Gasteiger partial charge is 0.353 e. The van der Waals surface area contributed by atoms with Gasteiger partial charge in [-0.2, -0.15) is 0 Å². The van der Waals surface area contributed by atoms with Crippen LogP contribution in [-0.2, 0) is 9.59 Å². The molecule has 10 heteroatoms. The topological polar surface area (TPSA) is 103 Å². The molecule has 0 radical (unpaired) electrons. The molecule has 2 fully saturated rings. The Morgan fingerprint density at radius 1 is 1.33 bits per heavy atom. The lowest BCUT2D eigenvalue weighted by Gasteiger charge is -2.37. The average Bonchev–Trinajstić information content (AvgIpc) is 3.12. The van der Waals surface area contributed by atoms with Gasteiger partial charge in [-0.3, -0.25) is 14.5 Å². The molecule has 1 aromatic rings. The molecule has 4 N–H and O–H groups in total. The number of hydrogen-bond acceptors (Lipinski definition) is 4. The zero-order valence-corrected chi connectivity index (χ0v) is 16.2. The van der Waals surface area contributed by atoms with Crippen LogP contribution in [0.2, 0.25) is 0 Å². The molecule has 0 aliphatic carbocycles. The van der Waals surface area contributed by atoms with Gasteiger partial charge in [-0.15, -0.1) is 6.42 Å². The number of urea groups is 1. The minimum Gasteiger partial charge on any atom is -0.353 e. The van der Waals surface area contributed by atoms with Gasteiger partial charge in [0.05, 0.1) is 18.3 Å². The molecule has 3 atom stereocenters. The molecule has 0 aromatic heterocycles. The van der Waals surface area contributed by atoms with Gasteiger partial charge in [-0.25, -0.2) is 13.6 Å². The number of rotatable bonds is 6. The number of hydrogen-bond donors (Lipinski definition) is 4. The third-order valence-corrected chi connectivity index (χ3v) is 5.23. The van der Waals surface area contributed by atoms with Crippen LogP contribution in [0.15, 0.2) is 18.2 Å². The SMILES string of the molecule is C#CCNC(=O)CC[C@@H]1CNC(=O)[C@@H]2C[C@H](NC(=O)Nc3ccc(F)cc3F)CN12. The Morgan fingerprint density at radius 2 is 2.13 bits per heavy atom. The van der Waals surface area contributed by atoms with Crippen molar-refractivity contribution in [3.05, 3.63) is 29.8 Å². The van der Waals surface area contributed by atoms with Crippen LogP contribution in [0.4, 0.5) is 19.3 Å². The van der Waals surface area contributed by atoms with Gasteiger partial charge >= 0.3 is 6.03 Å². The predicted octanol–water partition coefficient (Wildman–Crippen LogP) is 0.557. The Bertz CT molecular complexity index is 872. The van der Waals surface area contributed by atoms with Crippen LogP contribution in [-0.4, -0.2) is 60.5 Å². The van der Waals surface area contributed by atoms with E-state index in [1.165, 1.54) is 0 Å². The number of amides is 4. The first kappa shape index (κ1) is 21.5. The maximum absolute atomic E-state index is 13.7. The second-order valence-corrected chi connectivity index (χ2v) is 7.29. The minimum absolute atomic E-state index is 0.0475. The van der Waals surface area contributed by atoms with Gasteiger partial charge in [0, 0.05) is 37.7 Å². The van der Waals surface area contributed by atoms with E-state index in [0.717, 1.165) is 12.1 Å². The monoisotopic (exact) mass is 419 g/mol. The molecule has 0 spiro atoms. The molecule has 0 unspecified atom stereocenters. The van der Waals surface area contributed by atoms with Crippen LogP contribution in [0.25, 0.3) is 0 Å². The van der Waals surface area contributed by atoms with Crippen molar-refractivity contribution in [2.75, 3.05) is 25.0 Å². The van der Waals surface area contributed by atoms with E-state index in [0.29, 0.717) is 32.0 Å². The summed E-state index contributed by atoms with van der Waals surface area (Å²) in [6.45, 7) is 1.01. The molecule has 2 aliphatic heterocycles. The van der Waals surface area contributed by atoms with Crippen molar-refractivity contribution < 1.29 is 23.2 Å². The number of piperazine rings is 1. The van der Waals surface area contributed by atoms with E-state index >= 15 is 0 Å². The number of carbonyl (C=O) groups excluding carboxylic acids is 3. The molecule has 1 aromatic carbocycles. The molecule has 30 heavy (non-hydrogen) atoms. The van der Waals surface area contributed by atoms with E-state index in [-0.39, 0.29) is 42.6 Å². The molecule has 160 valence electrons. The van der Waals surface area contributed by atoms with E-state index in [4.69, 9.17) is 6.42 Å². The lowest BCUT2D eigenvalue weighted by molar-refractivity contribution is -0.129. The molecule has 2 aliphatic rings. The number of terminal acetylenes is 1. The van der Waals surface area contributed by atoms with Gasteiger partial charge in [0.15, 0.2) is 0 Å². The number of carbonyl (C=O) groups is 3. The second kappa shape index (κ2) is 9.54. The Labute approximate surface area is 172 Å². The standard InChI is InChI=1S/C20H23F2N5O3/c1-2-7-23-18(28)6-4-14-10-24-19(29)17-9-13(11-27(14)17)25-20(30)26-16-5-3-12(21)8-15(16)22/h1,3,5,8,13-14,17H,4,6-7,9-11H2,(H,23,28)(H,24,29)(H2,25,26,30)/t13-,14+,17-/m0/s1. The van der Waals surface area contributed by atoms with Crippen molar-refractivity contribution in [3.8, 4) is 12.3 Å². The Kier molecular flexibility index (Phi) is 6.84. The van der Waals surface area contributed by atoms with E-state index < -0.39 is 23.7 Å². The van der Waals surface area contributed by atoms with Crippen molar-refractivity contribution in [3.63, 3.8) is 0 Å². The fraction of sp³-hybridized carbons (Fsp3) is 0.450. The lowest BCUT2D eigenvalue weighted by atomic mass is 10.0. The van der Waals surface area contributed by atoms with Gasteiger partial charge < -0.3 is 21.3 Å². The molecule has 8 nitrogen and oxygen atoms in total. The van der Waals surface area contributed by atoms with Crippen molar-refractivity contribution >= 4 is 23.5 Å². The van der Waals surface area contributed by atoms with Crippen LogP contribution in [0.1, 0.15) is 19.3 Å². The number of nitrogens with one attached hydrogen (secondary N) is 4. The molecule has 2 saturated heterocycles. The Balaban J connectivity index is 1.55. The molecule has 0 saturated carbocycles. The lowest BCUT2D eigenvalue weighted by Crippen LogP contribution is -2.58. The van der Waals surface area contributed by atoms with Crippen LogP contribution in [0.5, 0.6) is 0 Å². The van der Waals surface area contributed by atoms with E-state index in [1.54, 1.807) is 0 Å². The van der Waals surface area contributed by atoms with E-state index in [9.17, 15) is 23.2 Å². The number of halogens is 2. The normalized spacial score (nSPS) is 23.1. The van der Waals surface area contributed by atoms with E-state index in [1.807, 2.05) is 4.90 Å². The minimum atomic E-state index is -0.878. The highest BCUT2D eigenvalue weighted by Gasteiger charge is 2.43. The number of fused-ring (bicyclic) bond motifs is 1. The van der Waals surface area contributed by atoms with E-state index in [2.05, 4.69) is 27.2 Å². The van der Waals surface area contributed by atoms with Gasteiger partial charge in [0.2, 0.25) is 11.8 Å². The van der Waals surface area contributed by atoms with Gasteiger partial charge in [0.1, 0.15) is 11.6 Å². The summed E-state index contributed by atoms with van der Waals surface area (Å²) in [5, 5.41) is 10.5. The molecule has 3 rings (SSSR count). The smallest absolute Gasteiger partial charge is 0.319 e. The Hall–Kier alpha value is -3.19. The fourth-order valence-electron chi connectivity index (χ4n) is 3.82. The first-order valence-corrected chi connectivity index (χ1v) is 9.63. The zero-order chi connectivity index (χ0) is 21.7. The summed E-state index contributed by atoms with van der Waals surface area (Å²) in [6.07, 6.45) is 6.32. The summed E-state index contributed by atoms with van der Waals surface area (Å²) in [5.74, 6) is 0.437. The van der Waals surface area contributed by atoms with Crippen LogP contribution >= 0.6 is 0 Å². The molecule has 2 heterocycles. The maximum atomic E-state index is 13.7. The summed E-state index contributed by atoms with van der Waals surface area (Å²) in [7, 11) is 0. The third-order valence-electron chi connectivity index (χ3n) is 5.23. The van der Waals surface area contributed by atoms with Gasteiger partial charge in [0.25, 0.3) is 0 Å². The maximum Gasteiger partial charge on any atom is 0.319 e. The van der Waals surface area contributed by atoms with Crippen molar-refractivity contribution in [2.24, 2.45) is 0 Å². The summed E-state index contributed by atoms with van der Waals surface area (Å²) in [4.78, 5) is 38.2. The number of nitrogens with zero attached hydrogens (tertiary/aromatic N) is 1. The highest BCUT2D eigenvalue weighted by Crippen LogP contribution is 2.26. The van der Waals surface area contributed by atoms with Crippen molar-refractivity contribution in [2.45, 2.75) is 37.4 Å². The summed E-state index contributed by atoms with van der Waals surface area (Å²) >= 11 is 0. The highest BCUT2D eigenvalue weighted by atomic mass is 19.1. The Morgan fingerprint density at radius 3 is 2.87 bits per heavy atom. The van der Waals surface area contributed by atoms with Crippen molar-refractivity contribution in [1.82, 2.24) is 20.9 Å². The quantitative estimate of drug-likeness (QED) is 0.506. The summed E-state index contributed by atoms with van der Waals surface area (Å²) < 4.78 is 26.7. The molecule has 4 amide bonds. The highest BCUT2D eigenvalue weighted by molar-refractivity contribution is 5.90. The zero-order valence-electron chi connectivity index (χ0n) is 16.2. The van der Waals surface area contributed by atoms with Crippen LogP contribution < -0.4 is 21.3 Å². The first-order chi connectivity index (χ1) is 14.4. The average molecular weight is 419 g/mol. The second-order valence-electron chi connectivity index (χ2n) is 7.29. The number of anilines is 1. The molecular formula is C20H23F2N5O3. The van der Waals surface area contributed by atoms with Gasteiger partial charge in [-0.1, -0.05) is 5.92 Å². The fourth-order valence-corrected chi connectivity index (χ4v) is 3.82. The number of benzene rings is 1. The predicted molar refractivity (Wildman–Crippen MR) is 105 cm³/mol. The first-order valence-electron chi connectivity index (χ1n) is 9.63.